The zero-order chi connectivity index (χ0) is 14.5. The molecule has 0 spiro atoms. The van der Waals surface area contributed by atoms with Gasteiger partial charge in [0.1, 0.15) is 6.04 Å². The highest BCUT2D eigenvalue weighted by Crippen LogP contribution is 2.29. The molecule has 0 bridgehead atoms. The lowest BCUT2D eigenvalue weighted by atomic mass is 10.0. The third-order valence-corrected chi connectivity index (χ3v) is 3.64. The molecule has 0 saturated carbocycles. The van der Waals surface area contributed by atoms with Crippen molar-refractivity contribution in [2.24, 2.45) is 0 Å². The summed E-state index contributed by atoms with van der Waals surface area (Å²) in [5.74, 6) is -0.235. The van der Waals surface area contributed by atoms with Crippen molar-refractivity contribution in [3.63, 3.8) is 0 Å². The van der Waals surface area contributed by atoms with Crippen LogP contribution in [0.25, 0.3) is 0 Å². The summed E-state index contributed by atoms with van der Waals surface area (Å²) in [5.41, 5.74) is 0.665. The van der Waals surface area contributed by atoms with Gasteiger partial charge in [-0.05, 0) is 12.5 Å². The molecule has 106 valence electrons. The van der Waals surface area contributed by atoms with Crippen LogP contribution < -0.4 is 5.32 Å². The summed E-state index contributed by atoms with van der Waals surface area (Å²) in [6.45, 7) is 4.58. The Bertz CT molecular complexity index is 530. The third kappa shape index (κ3) is 3.02. The predicted octanol–water partition coefficient (Wildman–Crippen LogP) is 2.31. The molecule has 1 aliphatic heterocycles. The SMILES string of the molecule is C=CCCC(=O)N1CCNC(=O)[C@H]1c1ccccc1Cl. The molecule has 2 amide bonds. The van der Waals surface area contributed by atoms with Crippen LogP contribution in [0.5, 0.6) is 0 Å². The van der Waals surface area contributed by atoms with Crippen molar-refractivity contribution in [2.75, 3.05) is 13.1 Å². The van der Waals surface area contributed by atoms with Crippen LogP contribution in [0.15, 0.2) is 36.9 Å². The summed E-state index contributed by atoms with van der Waals surface area (Å²) in [7, 11) is 0. The van der Waals surface area contributed by atoms with Crippen molar-refractivity contribution in [2.45, 2.75) is 18.9 Å². The van der Waals surface area contributed by atoms with E-state index in [0.29, 0.717) is 36.5 Å². The number of benzene rings is 1. The van der Waals surface area contributed by atoms with E-state index in [1.165, 1.54) is 0 Å². The first-order valence-corrected chi connectivity index (χ1v) is 6.95. The van der Waals surface area contributed by atoms with Gasteiger partial charge in [0.25, 0.3) is 0 Å². The second-order valence-electron chi connectivity index (χ2n) is 4.63. The van der Waals surface area contributed by atoms with Gasteiger partial charge in [0.15, 0.2) is 0 Å². The zero-order valence-electron chi connectivity index (χ0n) is 11.1. The summed E-state index contributed by atoms with van der Waals surface area (Å²) in [6.07, 6.45) is 2.66. The minimum Gasteiger partial charge on any atom is -0.352 e. The number of carbonyl (C=O) groups excluding carboxylic acids is 2. The summed E-state index contributed by atoms with van der Waals surface area (Å²) in [6, 6.07) is 6.48. The molecule has 0 radical (unpaired) electrons. The van der Waals surface area contributed by atoms with Gasteiger partial charge in [-0.2, -0.15) is 0 Å². The van der Waals surface area contributed by atoms with Gasteiger partial charge in [-0.3, -0.25) is 9.59 Å². The number of halogens is 1. The molecule has 0 unspecified atom stereocenters. The molecular weight excluding hydrogens is 276 g/mol. The number of carbonyl (C=O) groups is 2. The molecule has 1 aromatic carbocycles. The van der Waals surface area contributed by atoms with E-state index in [9.17, 15) is 9.59 Å². The highest BCUT2D eigenvalue weighted by molar-refractivity contribution is 6.31. The topological polar surface area (TPSA) is 49.4 Å². The second kappa shape index (κ2) is 6.57. The first-order chi connectivity index (χ1) is 9.65. The number of allylic oxidation sites excluding steroid dienone is 1. The quantitative estimate of drug-likeness (QED) is 0.866. The Balaban J connectivity index is 2.29. The number of hydrogen-bond acceptors (Lipinski definition) is 2. The van der Waals surface area contributed by atoms with Gasteiger partial charge >= 0.3 is 0 Å². The Hall–Kier alpha value is -1.81. The first kappa shape index (κ1) is 14.6. The average molecular weight is 293 g/mol. The molecule has 4 nitrogen and oxygen atoms in total. The van der Waals surface area contributed by atoms with Crippen molar-refractivity contribution in [3.05, 3.63) is 47.5 Å². The number of nitrogens with one attached hydrogen (secondary N) is 1. The van der Waals surface area contributed by atoms with Gasteiger partial charge in [0.05, 0.1) is 0 Å². The molecule has 1 heterocycles. The monoisotopic (exact) mass is 292 g/mol. The van der Waals surface area contributed by atoms with E-state index in [1.807, 2.05) is 6.07 Å². The fourth-order valence-electron chi connectivity index (χ4n) is 2.31. The van der Waals surface area contributed by atoms with Crippen LogP contribution in [0.1, 0.15) is 24.4 Å². The van der Waals surface area contributed by atoms with Crippen molar-refractivity contribution >= 4 is 23.4 Å². The highest BCUT2D eigenvalue weighted by Gasteiger charge is 2.34. The van der Waals surface area contributed by atoms with Gasteiger partial charge in [-0.15, -0.1) is 6.58 Å². The third-order valence-electron chi connectivity index (χ3n) is 3.29. The maximum atomic E-state index is 12.3. The summed E-state index contributed by atoms with van der Waals surface area (Å²) in [5, 5.41) is 3.28. The Morgan fingerprint density at radius 1 is 1.50 bits per heavy atom. The van der Waals surface area contributed by atoms with E-state index in [2.05, 4.69) is 11.9 Å². The number of nitrogens with zero attached hydrogens (tertiary/aromatic N) is 1. The van der Waals surface area contributed by atoms with E-state index >= 15 is 0 Å². The molecule has 2 rings (SSSR count). The van der Waals surface area contributed by atoms with Gasteiger partial charge in [0, 0.05) is 30.1 Å². The predicted molar refractivity (Wildman–Crippen MR) is 78.3 cm³/mol. The molecule has 5 heteroatoms. The van der Waals surface area contributed by atoms with Gasteiger partial charge < -0.3 is 10.2 Å². The number of piperazine rings is 1. The van der Waals surface area contributed by atoms with E-state index in [4.69, 9.17) is 11.6 Å². The normalized spacial score (nSPS) is 18.6. The minimum atomic E-state index is -0.644. The summed E-state index contributed by atoms with van der Waals surface area (Å²) in [4.78, 5) is 26.0. The molecule has 1 atom stereocenters. The molecule has 1 fully saturated rings. The fraction of sp³-hybridized carbons (Fsp3) is 0.333. The summed E-state index contributed by atoms with van der Waals surface area (Å²) < 4.78 is 0. The zero-order valence-corrected chi connectivity index (χ0v) is 11.9. The molecular formula is C15H17ClN2O2. The lowest BCUT2D eigenvalue weighted by molar-refractivity contribution is -0.143. The van der Waals surface area contributed by atoms with Crippen LogP contribution in [0, 0.1) is 0 Å². The van der Waals surface area contributed by atoms with Crippen LogP contribution in [0.3, 0.4) is 0 Å². The minimum absolute atomic E-state index is 0.0512. The molecule has 1 aromatic rings. The van der Waals surface area contributed by atoms with Crippen LogP contribution in [-0.2, 0) is 9.59 Å². The van der Waals surface area contributed by atoms with Crippen LogP contribution >= 0.6 is 11.6 Å². The average Bonchev–Trinajstić information content (AvgIpc) is 2.45. The Morgan fingerprint density at radius 3 is 2.95 bits per heavy atom. The molecule has 0 aliphatic carbocycles. The fourth-order valence-corrected chi connectivity index (χ4v) is 2.55. The Labute approximate surface area is 123 Å². The number of amides is 2. The highest BCUT2D eigenvalue weighted by atomic mass is 35.5. The van der Waals surface area contributed by atoms with Crippen molar-refractivity contribution in [3.8, 4) is 0 Å². The Morgan fingerprint density at radius 2 is 2.25 bits per heavy atom. The second-order valence-corrected chi connectivity index (χ2v) is 5.04. The van der Waals surface area contributed by atoms with Crippen molar-refractivity contribution < 1.29 is 9.59 Å². The lowest BCUT2D eigenvalue weighted by Gasteiger charge is -2.35. The van der Waals surface area contributed by atoms with Crippen LogP contribution in [0.2, 0.25) is 5.02 Å². The van der Waals surface area contributed by atoms with Gasteiger partial charge in [-0.25, -0.2) is 0 Å². The first-order valence-electron chi connectivity index (χ1n) is 6.57. The van der Waals surface area contributed by atoms with E-state index < -0.39 is 6.04 Å². The Kier molecular flexibility index (Phi) is 4.79. The largest absolute Gasteiger partial charge is 0.352 e. The van der Waals surface area contributed by atoms with Gasteiger partial charge in [-0.1, -0.05) is 35.9 Å². The molecule has 1 saturated heterocycles. The molecule has 1 aliphatic rings. The standard InChI is InChI=1S/C15H17ClN2O2/c1-2-3-8-13(19)18-10-9-17-15(20)14(18)11-6-4-5-7-12(11)16/h2,4-7,14H,1,3,8-10H2,(H,17,20)/t14-/m1/s1. The van der Waals surface area contributed by atoms with Crippen molar-refractivity contribution in [1.82, 2.24) is 10.2 Å². The lowest BCUT2D eigenvalue weighted by Crippen LogP contribution is -2.52. The maximum Gasteiger partial charge on any atom is 0.247 e. The van der Waals surface area contributed by atoms with E-state index in [-0.39, 0.29) is 11.8 Å². The van der Waals surface area contributed by atoms with E-state index in [1.54, 1.807) is 29.2 Å². The number of rotatable bonds is 4. The summed E-state index contributed by atoms with van der Waals surface area (Å²) >= 11 is 6.16. The van der Waals surface area contributed by atoms with Crippen LogP contribution in [0.4, 0.5) is 0 Å². The molecule has 0 aromatic heterocycles. The van der Waals surface area contributed by atoms with E-state index in [0.717, 1.165) is 0 Å². The van der Waals surface area contributed by atoms with Gasteiger partial charge in [0.2, 0.25) is 11.8 Å². The smallest absolute Gasteiger partial charge is 0.247 e. The maximum absolute atomic E-state index is 12.3. The van der Waals surface area contributed by atoms with Crippen molar-refractivity contribution in [1.29, 1.82) is 0 Å². The molecule has 1 N–H and O–H groups in total. The number of hydrogen-bond donors (Lipinski definition) is 1. The molecule has 20 heavy (non-hydrogen) atoms. The van der Waals surface area contributed by atoms with Crippen LogP contribution in [-0.4, -0.2) is 29.8 Å².